The first kappa shape index (κ1) is 15.4. The van der Waals surface area contributed by atoms with Gasteiger partial charge >= 0.3 is 5.97 Å². The number of nitrogens with zero attached hydrogens (tertiary/aromatic N) is 4. The Kier molecular flexibility index (Phi) is 4.21. The fourth-order valence-electron chi connectivity index (χ4n) is 2.72. The van der Waals surface area contributed by atoms with Crippen LogP contribution in [-0.2, 0) is 9.53 Å². The lowest BCUT2D eigenvalue weighted by Gasteiger charge is -2.43. The molecular formula is C15H22N4O2. The maximum Gasteiger partial charge on any atom is 0.310 e. The van der Waals surface area contributed by atoms with E-state index in [2.05, 4.69) is 11.2 Å². The molecule has 0 bridgehead atoms. The average molecular weight is 290 g/mol. The topological polar surface area (TPSA) is 71.2 Å². The highest BCUT2D eigenvalue weighted by molar-refractivity contribution is 5.74. The van der Waals surface area contributed by atoms with Crippen LogP contribution in [0.4, 0.5) is 5.69 Å². The van der Waals surface area contributed by atoms with E-state index in [0.29, 0.717) is 19.4 Å². The van der Waals surface area contributed by atoms with Gasteiger partial charge in [-0.05, 0) is 33.6 Å². The van der Waals surface area contributed by atoms with E-state index >= 15 is 0 Å². The smallest absolute Gasteiger partial charge is 0.310 e. The van der Waals surface area contributed by atoms with Crippen molar-refractivity contribution < 1.29 is 9.53 Å². The molecule has 0 amide bonds. The zero-order valence-corrected chi connectivity index (χ0v) is 13.0. The lowest BCUT2D eigenvalue weighted by Crippen LogP contribution is -2.53. The standard InChI is InChI=1S/C15H22N4O2/c1-11(2)19-9-13(7-17-19)18-8-12(14(20)21-4)5-6-15(18,3)10-16/h7,9,11-12H,5-6,8H2,1-4H3/t12-,15-/m1/s1. The molecule has 0 unspecified atom stereocenters. The summed E-state index contributed by atoms with van der Waals surface area (Å²) in [4.78, 5) is 13.8. The van der Waals surface area contributed by atoms with Gasteiger partial charge in [-0.1, -0.05) is 0 Å². The molecule has 2 atom stereocenters. The van der Waals surface area contributed by atoms with E-state index in [1.54, 1.807) is 6.20 Å². The van der Waals surface area contributed by atoms with Crippen LogP contribution in [0.3, 0.4) is 0 Å². The number of piperidine rings is 1. The van der Waals surface area contributed by atoms with Crippen molar-refractivity contribution in [2.75, 3.05) is 18.6 Å². The Morgan fingerprint density at radius 2 is 2.33 bits per heavy atom. The molecular weight excluding hydrogens is 268 g/mol. The number of anilines is 1. The van der Waals surface area contributed by atoms with Crippen molar-refractivity contribution in [1.82, 2.24) is 9.78 Å². The molecule has 1 aromatic heterocycles. The molecule has 6 nitrogen and oxygen atoms in total. The summed E-state index contributed by atoms with van der Waals surface area (Å²) in [5.74, 6) is -0.407. The molecule has 114 valence electrons. The third-order valence-corrected chi connectivity index (χ3v) is 4.18. The van der Waals surface area contributed by atoms with Gasteiger partial charge in [-0.2, -0.15) is 10.4 Å². The Morgan fingerprint density at radius 1 is 1.62 bits per heavy atom. The molecule has 0 radical (unpaired) electrons. The monoisotopic (exact) mass is 290 g/mol. The van der Waals surface area contributed by atoms with Crippen LogP contribution in [0.1, 0.15) is 39.7 Å². The van der Waals surface area contributed by atoms with E-state index < -0.39 is 5.54 Å². The summed E-state index contributed by atoms with van der Waals surface area (Å²) in [5, 5.41) is 13.9. The molecule has 2 heterocycles. The average Bonchev–Trinajstić information content (AvgIpc) is 2.96. The van der Waals surface area contributed by atoms with Gasteiger partial charge in [-0.15, -0.1) is 0 Å². The number of carbonyl (C=O) groups excluding carboxylic acids is 1. The third kappa shape index (κ3) is 2.87. The summed E-state index contributed by atoms with van der Waals surface area (Å²) < 4.78 is 6.71. The van der Waals surface area contributed by atoms with Crippen molar-refractivity contribution in [2.45, 2.75) is 45.2 Å². The second-order valence-electron chi connectivity index (χ2n) is 6.03. The first-order valence-electron chi connectivity index (χ1n) is 7.22. The molecule has 0 saturated carbocycles. The van der Waals surface area contributed by atoms with Gasteiger partial charge in [0.25, 0.3) is 0 Å². The van der Waals surface area contributed by atoms with Crippen LogP contribution in [0.2, 0.25) is 0 Å². The second-order valence-corrected chi connectivity index (χ2v) is 6.03. The zero-order valence-electron chi connectivity index (χ0n) is 13.0. The number of hydrogen-bond acceptors (Lipinski definition) is 5. The lowest BCUT2D eigenvalue weighted by atomic mass is 9.84. The van der Waals surface area contributed by atoms with Gasteiger partial charge in [0.2, 0.25) is 0 Å². The third-order valence-electron chi connectivity index (χ3n) is 4.18. The molecule has 1 fully saturated rings. The Bertz CT molecular complexity index is 560. The van der Waals surface area contributed by atoms with Gasteiger partial charge in [-0.3, -0.25) is 9.48 Å². The molecule has 21 heavy (non-hydrogen) atoms. The second kappa shape index (κ2) is 5.76. The molecule has 1 aromatic rings. The predicted molar refractivity (Wildman–Crippen MR) is 78.7 cm³/mol. The minimum Gasteiger partial charge on any atom is -0.469 e. The van der Waals surface area contributed by atoms with E-state index in [4.69, 9.17) is 4.74 Å². The van der Waals surface area contributed by atoms with Crippen molar-refractivity contribution >= 4 is 11.7 Å². The van der Waals surface area contributed by atoms with Crippen LogP contribution in [0, 0.1) is 17.2 Å². The highest BCUT2D eigenvalue weighted by Gasteiger charge is 2.41. The number of methoxy groups -OCH3 is 1. The van der Waals surface area contributed by atoms with E-state index in [0.717, 1.165) is 5.69 Å². The molecule has 2 rings (SSSR count). The molecule has 0 spiro atoms. The van der Waals surface area contributed by atoms with Gasteiger partial charge in [0.15, 0.2) is 0 Å². The van der Waals surface area contributed by atoms with E-state index in [9.17, 15) is 10.1 Å². The number of esters is 1. The Morgan fingerprint density at radius 3 is 2.86 bits per heavy atom. The number of aromatic nitrogens is 2. The van der Waals surface area contributed by atoms with Crippen molar-refractivity contribution in [1.29, 1.82) is 5.26 Å². The summed E-state index contributed by atoms with van der Waals surface area (Å²) in [7, 11) is 1.40. The molecule has 1 saturated heterocycles. The van der Waals surface area contributed by atoms with Gasteiger partial charge < -0.3 is 9.64 Å². The summed E-state index contributed by atoms with van der Waals surface area (Å²) in [5.41, 5.74) is 0.261. The van der Waals surface area contributed by atoms with Crippen LogP contribution in [-0.4, -0.2) is 34.9 Å². The van der Waals surface area contributed by atoms with E-state index in [1.165, 1.54) is 7.11 Å². The van der Waals surface area contributed by atoms with Crippen LogP contribution >= 0.6 is 0 Å². The summed E-state index contributed by atoms with van der Waals surface area (Å²) in [6.07, 6.45) is 5.00. The summed E-state index contributed by atoms with van der Waals surface area (Å²) in [6.45, 7) is 6.50. The van der Waals surface area contributed by atoms with E-state index in [1.807, 2.05) is 36.5 Å². The highest BCUT2D eigenvalue weighted by atomic mass is 16.5. The number of carbonyl (C=O) groups is 1. The number of nitriles is 1. The van der Waals surface area contributed by atoms with Gasteiger partial charge in [0, 0.05) is 18.8 Å². The zero-order chi connectivity index (χ0) is 15.6. The van der Waals surface area contributed by atoms with Crippen molar-refractivity contribution in [2.24, 2.45) is 5.92 Å². The summed E-state index contributed by atoms with van der Waals surface area (Å²) >= 11 is 0. The highest BCUT2D eigenvalue weighted by Crippen LogP contribution is 2.35. The molecule has 1 aliphatic heterocycles. The van der Waals surface area contributed by atoms with Crippen LogP contribution < -0.4 is 4.90 Å². The summed E-state index contributed by atoms with van der Waals surface area (Å²) in [6, 6.07) is 2.64. The van der Waals surface area contributed by atoms with Gasteiger partial charge in [0.05, 0.1) is 31.0 Å². The SMILES string of the molecule is COC(=O)[C@@H]1CC[C@](C)(C#N)N(c2cnn(C(C)C)c2)C1. The Labute approximate surface area is 125 Å². The fraction of sp³-hybridized carbons (Fsp3) is 0.667. The number of hydrogen-bond donors (Lipinski definition) is 0. The van der Waals surface area contributed by atoms with E-state index in [-0.39, 0.29) is 17.9 Å². The molecule has 0 aliphatic carbocycles. The Hall–Kier alpha value is -2.03. The first-order valence-corrected chi connectivity index (χ1v) is 7.22. The minimum absolute atomic E-state index is 0.196. The molecule has 0 N–H and O–H groups in total. The molecule has 1 aliphatic rings. The van der Waals surface area contributed by atoms with Crippen molar-refractivity contribution in [3.63, 3.8) is 0 Å². The lowest BCUT2D eigenvalue weighted by molar-refractivity contribution is -0.145. The molecule has 0 aromatic carbocycles. The Balaban J connectivity index is 2.30. The van der Waals surface area contributed by atoms with Crippen LogP contribution in [0.25, 0.3) is 0 Å². The fourth-order valence-corrected chi connectivity index (χ4v) is 2.72. The maximum atomic E-state index is 11.8. The maximum absolute atomic E-state index is 11.8. The quantitative estimate of drug-likeness (QED) is 0.798. The van der Waals surface area contributed by atoms with Crippen molar-refractivity contribution in [3.8, 4) is 6.07 Å². The van der Waals surface area contributed by atoms with Gasteiger partial charge in [-0.25, -0.2) is 0 Å². The normalized spacial score (nSPS) is 25.7. The predicted octanol–water partition coefficient (Wildman–Crippen LogP) is 2.14. The minimum atomic E-state index is -0.616. The first-order chi connectivity index (χ1) is 9.91. The number of ether oxygens (including phenoxy) is 1. The van der Waals surface area contributed by atoms with Crippen molar-refractivity contribution in [3.05, 3.63) is 12.4 Å². The number of rotatable bonds is 3. The van der Waals surface area contributed by atoms with Gasteiger partial charge in [0.1, 0.15) is 5.54 Å². The largest absolute Gasteiger partial charge is 0.469 e. The van der Waals surface area contributed by atoms with Crippen LogP contribution in [0.15, 0.2) is 12.4 Å². The van der Waals surface area contributed by atoms with Crippen LogP contribution in [0.5, 0.6) is 0 Å². The molecule has 6 heteroatoms.